The van der Waals surface area contributed by atoms with E-state index in [1.165, 1.54) is 12.1 Å². The van der Waals surface area contributed by atoms with Gasteiger partial charge in [0.25, 0.3) is 0 Å². The number of ether oxygens (including phenoxy) is 1. The van der Waals surface area contributed by atoms with Crippen molar-refractivity contribution >= 4 is 5.69 Å². The van der Waals surface area contributed by atoms with Crippen LogP contribution in [0.4, 0.5) is 10.1 Å². The number of nitrogens with zero attached hydrogens (tertiary/aromatic N) is 1. The molecule has 0 unspecified atom stereocenters. The molecule has 0 bridgehead atoms. The highest BCUT2D eigenvalue weighted by Gasteiger charge is 2.44. The number of halogens is 1. The maximum Gasteiger partial charge on any atom is 0.123 e. The molecule has 0 spiro atoms. The molecule has 92 valence electrons. The Balaban J connectivity index is 1.97. The van der Waals surface area contributed by atoms with E-state index in [1.807, 2.05) is 0 Å². The lowest BCUT2D eigenvalue weighted by molar-refractivity contribution is 0.121. The minimum absolute atomic E-state index is 0.280. The van der Waals surface area contributed by atoms with E-state index >= 15 is 0 Å². The molecule has 2 aliphatic rings. The Morgan fingerprint density at radius 3 is 2.59 bits per heavy atom. The Labute approximate surface area is 99.8 Å². The van der Waals surface area contributed by atoms with Crippen LogP contribution in [-0.2, 0) is 10.3 Å². The summed E-state index contributed by atoms with van der Waals surface area (Å²) in [5, 5.41) is 10.2. The number of hydrogen-bond acceptors (Lipinski definition) is 3. The molecule has 17 heavy (non-hydrogen) atoms. The van der Waals surface area contributed by atoms with Gasteiger partial charge in [0.15, 0.2) is 0 Å². The lowest BCUT2D eigenvalue weighted by Crippen LogP contribution is -2.37. The van der Waals surface area contributed by atoms with E-state index in [1.54, 1.807) is 6.07 Å². The molecule has 1 aliphatic carbocycles. The zero-order valence-corrected chi connectivity index (χ0v) is 9.66. The summed E-state index contributed by atoms with van der Waals surface area (Å²) in [6.45, 7) is 2.98. The Hall–Kier alpha value is -1.13. The molecule has 4 heteroatoms. The Bertz CT molecular complexity index is 425. The van der Waals surface area contributed by atoms with Gasteiger partial charge in [-0.1, -0.05) is 0 Å². The first-order chi connectivity index (χ1) is 8.19. The van der Waals surface area contributed by atoms with Crippen molar-refractivity contribution < 1.29 is 14.2 Å². The van der Waals surface area contributed by atoms with Crippen LogP contribution >= 0.6 is 0 Å². The van der Waals surface area contributed by atoms with Crippen LogP contribution in [-0.4, -0.2) is 31.4 Å². The fraction of sp³-hybridized carbons (Fsp3) is 0.538. The van der Waals surface area contributed by atoms with Gasteiger partial charge >= 0.3 is 0 Å². The summed E-state index contributed by atoms with van der Waals surface area (Å²) in [5.41, 5.74) is 0.893. The van der Waals surface area contributed by atoms with Crippen LogP contribution in [0.2, 0.25) is 0 Å². The topological polar surface area (TPSA) is 32.7 Å². The smallest absolute Gasteiger partial charge is 0.123 e. The molecular weight excluding hydrogens is 221 g/mol. The number of morpholine rings is 1. The average Bonchev–Trinajstić information content (AvgIpc) is 3.10. The molecule has 0 atom stereocenters. The molecule has 1 aromatic carbocycles. The van der Waals surface area contributed by atoms with E-state index in [0.29, 0.717) is 13.2 Å². The van der Waals surface area contributed by atoms with Crippen molar-refractivity contribution in [2.24, 2.45) is 0 Å². The number of benzene rings is 1. The SMILES string of the molecule is OC1(c2cc(F)ccc2N2CCOCC2)CC1. The third kappa shape index (κ3) is 2.03. The van der Waals surface area contributed by atoms with Crippen LogP contribution in [0.5, 0.6) is 0 Å². The second-order valence-corrected chi connectivity index (χ2v) is 4.79. The molecule has 2 fully saturated rings. The molecule has 0 aromatic heterocycles. The second-order valence-electron chi connectivity index (χ2n) is 4.79. The van der Waals surface area contributed by atoms with Crippen molar-refractivity contribution in [1.82, 2.24) is 0 Å². The van der Waals surface area contributed by atoms with Gasteiger partial charge in [0.2, 0.25) is 0 Å². The van der Waals surface area contributed by atoms with Crippen molar-refractivity contribution in [2.75, 3.05) is 31.2 Å². The van der Waals surface area contributed by atoms with Gasteiger partial charge in [0, 0.05) is 24.3 Å². The molecule has 1 saturated carbocycles. The minimum atomic E-state index is -0.796. The molecule has 0 amide bonds. The van der Waals surface area contributed by atoms with Crippen molar-refractivity contribution in [3.8, 4) is 0 Å². The lowest BCUT2D eigenvalue weighted by Gasteiger charge is -2.31. The maximum absolute atomic E-state index is 13.3. The van der Waals surface area contributed by atoms with Crippen LogP contribution in [0.1, 0.15) is 18.4 Å². The van der Waals surface area contributed by atoms with Gasteiger partial charge in [-0.15, -0.1) is 0 Å². The highest BCUT2D eigenvalue weighted by atomic mass is 19.1. The van der Waals surface area contributed by atoms with E-state index < -0.39 is 5.60 Å². The summed E-state index contributed by atoms with van der Waals surface area (Å²) >= 11 is 0. The van der Waals surface area contributed by atoms with Crippen molar-refractivity contribution in [3.63, 3.8) is 0 Å². The highest BCUT2D eigenvalue weighted by Crippen LogP contribution is 2.49. The lowest BCUT2D eigenvalue weighted by atomic mass is 10.0. The molecule has 1 saturated heterocycles. The summed E-state index contributed by atoms with van der Waals surface area (Å²) in [6, 6.07) is 4.70. The molecule has 1 aliphatic heterocycles. The van der Waals surface area contributed by atoms with Crippen LogP contribution in [0.25, 0.3) is 0 Å². The van der Waals surface area contributed by atoms with E-state index in [9.17, 15) is 9.50 Å². The van der Waals surface area contributed by atoms with Crippen molar-refractivity contribution in [1.29, 1.82) is 0 Å². The van der Waals surface area contributed by atoms with E-state index in [2.05, 4.69) is 4.90 Å². The summed E-state index contributed by atoms with van der Waals surface area (Å²) in [5.74, 6) is -0.280. The second kappa shape index (κ2) is 3.96. The standard InChI is InChI=1S/C13H16FNO2/c14-10-1-2-12(15-5-7-17-8-6-15)11(9-10)13(16)3-4-13/h1-2,9,16H,3-8H2. The van der Waals surface area contributed by atoms with Gasteiger partial charge in [-0.25, -0.2) is 4.39 Å². The number of hydrogen-bond donors (Lipinski definition) is 1. The van der Waals surface area contributed by atoms with Crippen molar-refractivity contribution in [2.45, 2.75) is 18.4 Å². The fourth-order valence-corrected chi connectivity index (χ4v) is 2.35. The van der Waals surface area contributed by atoms with Crippen LogP contribution < -0.4 is 4.90 Å². The van der Waals surface area contributed by atoms with Gasteiger partial charge in [0.1, 0.15) is 5.82 Å². The predicted octanol–water partition coefficient (Wildman–Crippen LogP) is 1.64. The minimum Gasteiger partial charge on any atom is -0.385 e. The summed E-state index contributed by atoms with van der Waals surface area (Å²) < 4.78 is 18.6. The predicted molar refractivity (Wildman–Crippen MR) is 62.6 cm³/mol. The van der Waals surface area contributed by atoms with E-state index in [4.69, 9.17) is 4.74 Å². The highest BCUT2D eigenvalue weighted by molar-refractivity contribution is 5.58. The summed E-state index contributed by atoms with van der Waals surface area (Å²) in [7, 11) is 0. The zero-order chi connectivity index (χ0) is 11.9. The normalized spacial score (nSPS) is 22.6. The molecule has 3 nitrogen and oxygen atoms in total. The van der Waals surface area contributed by atoms with Crippen LogP contribution in [0, 0.1) is 5.82 Å². The van der Waals surface area contributed by atoms with Gasteiger partial charge in [0.05, 0.1) is 18.8 Å². The first-order valence-corrected chi connectivity index (χ1v) is 6.04. The zero-order valence-electron chi connectivity index (χ0n) is 9.66. The largest absolute Gasteiger partial charge is 0.385 e. The van der Waals surface area contributed by atoms with Crippen LogP contribution in [0.3, 0.4) is 0 Å². The van der Waals surface area contributed by atoms with Crippen molar-refractivity contribution in [3.05, 3.63) is 29.6 Å². The molecule has 1 aromatic rings. The van der Waals surface area contributed by atoms with Gasteiger partial charge in [-0.05, 0) is 31.0 Å². The Kier molecular flexibility index (Phi) is 2.56. The molecular formula is C13H16FNO2. The first-order valence-electron chi connectivity index (χ1n) is 6.04. The fourth-order valence-electron chi connectivity index (χ4n) is 2.35. The summed E-state index contributed by atoms with van der Waals surface area (Å²) in [6.07, 6.45) is 1.46. The van der Waals surface area contributed by atoms with Crippen LogP contribution in [0.15, 0.2) is 18.2 Å². The average molecular weight is 237 g/mol. The third-order valence-corrected chi connectivity index (χ3v) is 3.54. The number of anilines is 1. The monoisotopic (exact) mass is 237 g/mol. The Morgan fingerprint density at radius 1 is 1.24 bits per heavy atom. The quantitative estimate of drug-likeness (QED) is 0.848. The number of rotatable bonds is 2. The molecule has 0 radical (unpaired) electrons. The maximum atomic E-state index is 13.3. The molecule has 3 rings (SSSR count). The van der Waals surface area contributed by atoms with Gasteiger partial charge in [-0.2, -0.15) is 0 Å². The molecule has 1 heterocycles. The van der Waals surface area contributed by atoms with E-state index in [0.717, 1.165) is 37.2 Å². The van der Waals surface area contributed by atoms with Gasteiger partial charge in [-0.3, -0.25) is 0 Å². The van der Waals surface area contributed by atoms with E-state index in [-0.39, 0.29) is 5.82 Å². The Morgan fingerprint density at radius 2 is 1.94 bits per heavy atom. The first kappa shape index (κ1) is 11.0. The number of aliphatic hydroxyl groups is 1. The molecule has 1 N–H and O–H groups in total. The summed E-state index contributed by atoms with van der Waals surface area (Å²) in [4.78, 5) is 2.16. The van der Waals surface area contributed by atoms with Gasteiger partial charge < -0.3 is 14.7 Å². The third-order valence-electron chi connectivity index (χ3n) is 3.54.